The van der Waals surface area contributed by atoms with Crippen molar-refractivity contribution in [2.24, 2.45) is 0 Å². The van der Waals surface area contributed by atoms with Crippen LogP contribution in [-0.2, 0) is 19.5 Å². The molecular formula is C16H21N7. The number of aryl methyl sites for hydroxylation is 2. The van der Waals surface area contributed by atoms with E-state index < -0.39 is 0 Å². The second-order valence-electron chi connectivity index (χ2n) is 5.90. The van der Waals surface area contributed by atoms with E-state index in [0.717, 1.165) is 49.1 Å². The third kappa shape index (κ3) is 3.11. The van der Waals surface area contributed by atoms with Crippen LogP contribution in [0.1, 0.15) is 30.4 Å². The predicted molar refractivity (Wildman–Crippen MR) is 88.3 cm³/mol. The van der Waals surface area contributed by atoms with Crippen molar-refractivity contribution in [3.8, 4) is 6.07 Å². The largest absolute Gasteiger partial charge is 0.350 e. The SMILES string of the molecule is CCc1cc(N2CCCn3nc(C#N)cc3C2)nc(N(C)C)n1. The molecule has 0 saturated heterocycles. The van der Waals surface area contributed by atoms with E-state index in [0.29, 0.717) is 12.2 Å². The van der Waals surface area contributed by atoms with E-state index in [1.54, 1.807) is 0 Å². The molecule has 0 saturated carbocycles. The standard InChI is InChI=1S/C16H21N7/c1-4-12-9-15(19-16(18-12)21(2)3)22-6-5-7-23-14(11-22)8-13(10-17)20-23/h8-9H,4-7,11H2,1-3H3. The second kappa shape index (κ2) is 6.24. The van der Waals surface area contributed by atoms with Crippen LogP contribution >= 0.6 is 0 Å². The fraction of sp³-hybridized carbons (Fsp3) is 0.500. The molecule has 1 aliphatic rings. The van der Waals surface area contributed by atoms with Crippen molar-refractivity contribution in [2.75, 3.05) is 30.4 Å². The van der Waals surface area contributed by atoms with Gasteiger partial charge in [-0.3, -0.25) is 4.68 Å². The Kier molecular flexibility index (Phi) is 4.15. The van der Waals surface area contributed by atoms with Gasteiger partial charge in [0.1, 0.15) is 11.9 Å². The lowest BCUT2D eigenvalue weighted by atomic mass is 10.3. The number of fused-ring (bicyclic) bond motifs is 1. The molecule has 0 bridgehead atoms. The highest BCUT2D eigenvalue weighted by Gasteiger charge is 2.19. The monoisotopic (exact) mass is 311 g/mol. The van der Waals surface area contributed by atoms with E-state index >= 15 is 0 Å². The maximum absolute atomic E-state index is 9.04. The van der Waals surface area contributed by atoms with Gasteiger partial charge in [-0.05, 0) is 18.9 Å². The van der Waals surface area contributed by atoms with Gasteiger partial charge in [0, 0.05) is 38.9 Å². The third-order valence-electron chi connectivity index (χ3n) is 3.97. The van der Waals surface area contributed by atoms with Gasteiger partial charge >= 0.3 is 0 Å². The molecule has 0 N–H and O–H groups in total. The molecule has 120 valence electrons. The first-order chi connectivity index (χ1) is 11.1. The van der Waals surface area contributed by atoms with Crippen molar-refractivity contribution in [3.05, 3.63) is 29.2 Å². The fourth-order valence-electron chi connectivity index (χ4n) is 2.73. The molecule has 0 aromatic carbocycles. The Bertz CT molecular complexity index is 741. The number of hydrogen-bond acceptors (Lipinski definition) is 6. The molecule has 3 heterocycles. The van der Waals surface area contributed by atoms with E-state index in [4.69, 9.17) is 10.2 Å². The van der Waals surface area contributed by atoms with E-state index in [-0.39, 0.29) is 0 Å². The molecule has 0 fully saturated rings. The summed E-state index contributed by atoms with van der Waals surface area (Å²) in [6.07, 6.45) is 1.85. The normalized spacial score (nSPS) is 14.1. The lowest BCUT2D eigenvalue weighted by Crippen LogP contribution is -2.25. The van der Waals surface area contributed by atoms with E-state index in [9.17, 15) is 0 Å². The van der Waals surface area contributed by atoms with Gasteiger partial charge in [0.2, 0.25) is 5.95 Å². The topological polar surface area (TPSA) is 73.9 Å². The quantitative estimate of drug-likeness (QED) is 0.857. The minimum atomic E-state index is 0.479. The lowest BCUT2D eigenvalue weighted by Gasteiger charge is -2.23. The molecule has 0 aliphatic carbocycles. The minimum absolute atomic E-state index is 0.479. The zero-order valence-electron chi connectivity index (χ0n) is 13.8. The Balaban J connectivity index is 1.95. The summed E-state index contributed by atoms with van der Waals surface area (Å²) < 4.78 is 1.94. The van der Waals surface area contributed by atoms with Crippen molar-refractivity contribution in [1.29, 1.82) is 5.26 Å². The van der Waals surface area contributed by atoms with Gasteiger partial charge in [-0.1, -0.05) is 6.92 Å². The summed E-state index contributed by atoms with van der Waals surface area (Å²) in [4.78, 5) is 13.4. The average Bonchev–Trinajstić information content (AvgIpc) is 2.85. The second-order valence-corrected chi connectivity index (χ2v) is 5.90. The molecule has 2 aromatic heterocycles. The first kappa shape index (κ1) is 15.3. The highest BCUT2D eigenvalue weighted by molar-refractivity contribution is 5.46. The number of nitrogens with zero attached hydrogens (tertiary/aromatic N) is 7. The van der Waals surface area contributed by atoms with Crippen molar-refractivity contribution < 1.29 is 0 Å². The van der Waals surface area contributed by atoms with Crippen LogP contribution in [-0.4, -0.2) is 40.4 Å². The lowest BCUT2D eigenvalue weighted by molar-refractivity contribution is 0.589. The molecule has 0 atom stereocenters. The van der Waals surface area contributed by atoms with Crippen LogP contribution in [0, 0.1) is 11.3 Å². The number of anilines is 2. The van der Waals surface area contributed by atoms with Gasteiger partial charge in [-0.2, -0.15) is 15.3 Å². The van der Waals surface area contributed by atoms with E-state index in [1.165, 1.54) is 0 Å². The highest BCUT2D eigenvalue weighted by atomic mass is 15.3. The zero-order valence-corrected chi connectivity index (χ0v) is 13.8. The van der Waals surface area contributed by atoms with Gasteiger partial charge < -0.3 is 9.80 Å². The molecule has 1 aliphatic heterocycles. The molecule has 0 radical (unpaired) electrons. The molecule has 3 rings (SSSR count). The van der Waals surface area contributed by atoms with Gasteiger partial charge in [0.15, 0.2) is 5.69 Å². The van der Waals surface area contributed by atoms with Gasteiger partial charge in [-0.25, -0.2) is 4.98 Å². The van der Waals surface area contributed by atoms with Crippen LogP contribution in [0.5, 0.6) is 0 Å². The van der Waals surface area contributed by atoms with Crippen LogP contribution in [0.3, 0.4) is 0 Å². The summed E-state index contributed by atoms with van der Waals surface area (Å²) in [6.45, 7) is 4.56. The summed E-state index contributed by atoms with van der Waals surface area (Å²) >= 11 is 0. The average molecular weight is 311 g/mol. The van der Waals surface area contributed by atoms with Crippen LogP contribution in [0.25, 0.3) is 0 Å². The van der Waals surface area contributed by atoms with Crippen molar-refractivity contribution in [2.45, 2.75) is 32.9 Å². The first-order valence-electron chi connectivity index (χ1n) is 7.87. The Morgan fingerprint density at radius 3 is 2.78 bits per heavy atom. The van der Waals surface area contributed by atoms with E-state index in [2.05, 4.69) is 34.0 Å². The Hall–Kier alpha value is -2.62. The molecule has 7 heteroatoms. The molecule has 0 amide bonds. The number of hydrogen-bond donors (Lipinski definition) is 0. The summed E-state index contributed by atoms with van der Waals surface area (Å²) in [6, 6.07) is 6.05. The van der Waals surface area contributed by atoms with Crippen molar-refractivity contribution >= 4 is 11.8 Å². The Morgan fingerprint density at radius 1 is 1.26 bits per heavy atom. The maximum atomic E-state index is 9.04. The van der Waals surface area contributed by atoms with Gasteiger partial charge in [0.05, 0.1) is 12.2 Å². The third-order valence-corrected chi connectivity index (χ3v) is 3.97. The smallest absolute Gasteiger partial charge is 0.227 e. The number of rotatable bonds is 3. The Labute approximate surface area is 136 Å². The van der Waals surface area contributed by atoms with Crippen LogP contribution in [0.15, 0.2) is 12.1 Å². The van der Waals surface area contributed by atoms with Gasteiger partial charge in [0.25, 0.3) is 0 Å². The number of nitriles is 1. The Morgan fingerprint density at radius 2 is 2.09 bits per heavy atom. The molecule has 23 heavy (non-hydrogen) atoms. The zero-order chi connectivity index (χ0) is 16.4. The first-order valence-corrected chi connectivity index (χ1v) is 7.87. The minimum Gasteiger partial charge on any atom is -0.350 e. The molecular weight excluding hydrogens is 290 g/mol. The fourth-order valence-corrected chi connectivity index (χ4v) is 2.73. The molecule has 2 aromatic rings. The summed E-state index contributed by atoms with van der Waals surface area (Å²) in [7, 11) is 3.91. The maximum Gasteiger partial charge on any atom is 0.227 e. The molecule has 7 nitrogen and oxygen atoms in total. The summed E-state index contributed by atoms with van der Waals surface area (Å²) in [5.41, 5.74) is 2.57. The molecule has 0 spiro atoms. The highest BCUT2D eigenvalue weighted by Crippen LogP contribution is 2.22. The van der Waals surface area contributed by atoms with E-state index in [1.807, 2.05) is 29.7 Å². The van der Waals surface area contributed by atoms with Crippen molar-refractivity contribution in [3.63, 3.8) is 0 Å². The van der Waals surface area contributed by atoms with Crippen LogP contribution in [0.4, 0.5) is 11.8 Å². The predicted octanol–water partition coefficient (Wildman–Crippen LogP) is 1.58. The summed E-state index contributed by atoms with van der Waals surface area (Å²) in [5.74, 6) is 1.67. The molecule has 0 unspecified atom stereocenters. The van der Waals surface area contributed by atoms with Gasteiger partial charge in [-0.15, -0.1) is 0 Å². The van der Waals surface area contributed by atoms with Crippen LogP contribution in [0.2, 0.25) is 0 Å². The number of aromatic nitrogens is 4. The van der Waals surface area contributed by atoms with Crippen molar-refractivity contribution in [1.82, 2.24) is 19.7 Å². The van der Waals surface area contributed by atoms with Crippen LogP contribution < -0.4 is 9.80 Å². The summed E-state index contributed by atoms with van der Waals surface area (Å²) in [5, 5.41) is 13.4.